The molecule has 2 heterocycles. The Labute approximate surface area is 140 Å². The van der Waals surface area contributed by atoms with Gasteiger partial charge in [0.25, 0.3) is 0 Å². The van der Waals surface area contributed by atoms with Gasteiger partial charge in [0.05, 0.1) is 7.11 Å². The van der Waals surface area contributed by atoms with Crippen molar-refractivity contribution in [1.82, 2.24) is 30.4 Å². The van der Waals surface area contributed by atoms with Gasteiger partial charge < -0.3 is 15.0 Å². The number of piperidine rings is 1. The number of nitrogens with zero attached hydrogens (tertiary/aromatic N) is 5. The van der Waals surface area contributed by atoms with Crippen molar-refractivity contribution in [3.8, 4) is 5.75 Å². The highest BCUT2D eigenvalue weighted by Gasteiger charge is 2.27. The van der Waals surface area contributed by atoms with Crippen LogP contribution in [-0.2, 0) is 13.6 Å². The molecule has 1 saturated heterocycles. The molecule has 0 saturated carbocycles. The van der Waals surface area contributed by atoms with Crippen molar-refractivity contribution in [2.24, 2.45) is 7.05 Å². The first-order valence-corrected chi connectivity index (χ1v) is 8.05. The van der Waals surface area contributed by atoms with Gasteiger partial charge in [-0.2, -0.15) is 0 Å². The Bertz CT molecular complexity index is 684. The fourth-order valence-electron chi connectivity index (χ4n) is 2.99. The monoisotopic (exact) mass is 330 g/mol. The number of rotatable bonds is 4. The van der Waals surface area contributed by atoms with Crippen LogP contribution in [-0.4, -0.2) is 51.3 Å². The number of ether oxygens (including phenoxy) is 1. The summed E-state index contributed by atoms with van der Waals surface area (Å²) in [4.78, 5) is 14.3. The summed E-state index contributed by atoms with van der Waals surface area (Å²) in [6, 6.07) is 7.62. The number of carbonyl (C=O) groups is 1. The maximum atomic E-state index is 12.4. The molecule has 1 aromatic heterocycles. The predicted molar refractivity (Wildman–Crippen MR) is 87.6 cm³/mol. The average molecular weight is 330 g/mol. The lowest BCUT2D eigenvalue weighted by molar-refractivity contribution is 0.177. The third-order valence-electron chi connectivity index (χ3n) is 4.33. The van der Waals surface area contributed by atoms with Crippen molar-refractivity contribution < 1.29 is 9.53 Å². The van der Waals surface area contributed by atoms with Crippen molar-refractivity contribution in [2.75, 3.05) is 20.2 Å². The van der Waals surface area contributed by atoms with Crippen molar-refractivity contribution in [3.63, 3.8) is 0 Å². The van der Waals surface area contributed by atoms with E-state index in [1.54, 1.807) is 11.8 Å². The fraction of sp³-hybridized carbons (Fsp3) is 0.500. The van der Waals surface area contributed by atoms with Gasteiger partial charge in [0, 0.05) is 32.6 Å². The second-order valence-electron chi connectivity index (χ2n) is 5.95. The molecule has 3 rings (SSSR count). The first kappa shape index (κ1) is 16.2. The number of benzene rings is 1. The van der Waals surface area contributed by atoms with E-state index in [0.29, 0.717) is 13.1 Å². The molecule has 0 aliphatic carbocycles. The molecule has 8 heteroatoms. The van der Waals surface area contributed by atoms with E-state index in [-0.39, 0.29) is 11.9 Å². The Kier molecular flexibility index (Phi) is 4.93. The summed E-state index contributed by atoms with van der Waals surface area (Å²) in [6.45, 7) is 1.90. The quantitative estimate of drug-likeness (QED) is 0.913. The van der Waals surface area contributed by atoms with Gasteiger partial charge in [-0.1, -0.05) is 12.1 Å². The number of aryl methyl sites for hydroxylation is 1. The number of nitrogens with one attached hydrogen (secondary N) is 1. The highest BCUT2D eigenvalue weighted by atomic mass is 16.5. The maximum absolute atomic E-state index is 12.4. The van der Waals surface area contributed by atoms with Gasteiger partial charge in [-0.05, 0) is 41.0 Å². The van der Waals surface area contributed by atoms with E-state index in [2.05, 4.69) is 20.8 Å². The van der Waals surface area contributed by atoms with Crippen molar-refractivity contribution in [1.29, 1.82) is 0 Å². The minimum atomic E-state index is -0.0503. The minimum Gasteiger partial charge on any atom is -0.497 e. The SMILES string of the molecule is COc1ccc(CNC(=O)N2CCCC(c3nnnn3C)C2)cc1. The Morgan fingerprint density at radius 3 is 2.83 bits per heavy atom. The van der Waals surface area contributed by atoms with Crippen LogP contribution in [0.5, 0.6) is 5.75 Å². The van der Waals surface area contributed by atoms with Crippen LogP contribution >= 0.6 is 0 Å². The standard InChI is InChI=1S/C16H22N6O2/c1-21-15(18-19-20-21)13-4-3-9-22(11-13)16(23)17-10-12-5-7-14(24-2)8-6-12/h5-8,13H,3-4,9-11H2,1-2H3,(H,17,23). The highest BCUT2D eigenvalue weighted by molar-refractivity contribution is 5.74. The molecule has 24 heavy (non-hydrogen) atoms. The molecule has 1 aliphatic rings. The summed E-state index contributed by atoms with van der Waals surface area (Å²) in [7, 11) is 3.47. The zero-order valence-corrected chi connectivity index (χ0v) is 14.0. The maximum Gasteiger partial charge on any atom is 0.317 e. The van der Waals surface area contributed by atoms with Crippen molar-refractivity contribution >= 4 is 6.03 Å². The summed E-state index contributed by atoms with van der Waals surface area (Å²) in [5, 5.41) is 14.6. The zero-order valence-electron chi connectivity index (χ0n) is 14.0. The molecular weight excluding hydrogens is 308 g/mol. The fourth-order valence-corrected chi connectivity index (χ4v) is 2.99. The Hall–Kier alpha value is -2.64. The second-order valence-corrected chi connectivity index (χ2v) is 5.95. The first-order chi connectivity index (χ1) is 11.7. The number of methoxy groups -OCH3 is 1. The molecule has 1 aromatic carbocycles. The highest BCUT2D eigenvalue weighted by Crippen LogP contribution is 2.24. The van der Waals surface area contributed by atoms with Crippen LogP contribution < -0.4 is 10.1 Å². The molecule has 128 valence electrons. The molecule has 1 fully saturated rings. The summed E-state index contributed by atoms with van der Waals surface area (Å²) < 4.78 is 6.82. The number of amides is 2. The molecule has 0 spiro atoms. The predicted octanol–water partition coefficient (Wildman–Crippen LogP) is 1.31. The third kappa shape index (κ3) is 3.64. The van der Waals surface area contributed by atoms with Crippen molar-refractivity contribution in [2.45, 2.75) is 25.3 Å². The zero-order chi connectivity index (χ0) is 16.9. The molecule has 1 N–H and O–H groups in total. The number of urea groups is 1. The van der Waals surface area contributed by atoms with Crippen molar-refractivity contribution in [3.05, 3.63) is 35.7 Å². The number of likely N-dealkylation sites (tertiary alicyclic amines) is 1. The average Bonchev–Trinajstić information content (AvgIpc) is 3.06. The van der Waals surface area contributed by atoms with Gasteiger partial charge in [0.1, 0.15) is 5.75 Å². The van der Waals surface area contributed by atoms with Crippen LogP contribution in [0.25, 0.3) is 0 Å². The van der Waals surface area contributed by atoms with E-state index in [1.807, 2.05) is 36.2 Å². The lowest BCUT2D eigenvalue weighted by Crippen LogP contribution is -2.45. The third-order valence-corrected chi connectivity index (χ3v) is 4.33. The largest absolute Gasteiger partial charge is 0.497 e. The smallest absolute Gasteiger partial charge is 0.317 e. The Morgan fingerprint density at radius 1 is 1.38 bits per heavy atom. The van der Waals surface area contributed by atoms with Crippen LogP contribution in [0, 0.1) is 0 Å². The van der Waals surface area contributed by atoms with Gasteiger partial charge in [0.15, 0.2) is 5.82 Å². The summed E-state index contributed by atoms with van der Waals surface area (Å²) in [5.41, 5.74) is 1.04. The number of tetrazole rings is 1. The summed E-state index contributed by atoms with van der Waals surface area (Å²) >= 11 is 0. The van der Waals surface area contributed by atoms with Gasteiger partial charge >= 0.3 is 6.03 Å². The molecular formula is C16H22N6O2. The normalized spacial score (nSPS) is 17.6. The molecule has 8 nitrogen and oxygen atoms in total. The van der Waals surface area contributed by atoms with E-state index >= 15 is 0 Å². The molecule has 0 bridgehead atoms. The number of hydrogen-bond donors (Lipinski definition) is 1. The van der Waals surface area contributed by atoms with Crippen LogP contribution in [0.4, 0.5) is 4.79 Å². The Balaban J connectivity index is 1.55. The van der Waals surface area contributed by atoms with Crippen LogP contribution in [0.15, 0.2) is 24.3 Å². The number of hydrogen-bond acceptors (Lipinski definition) is 5. The molecule has 1 unspecified atom stereocenters. The van der Waals surface area contributed by atoms with Gasteiger partial charge in [-0.3, -0.25) is 0 Å². The van der Waals surface area contributed by atoms with Gasteiger partial charge in [-0.25, -0.2) is 9.48 Å². The summed E-state index contributed by atoms with van der Waals surface area (Å²) in [6.07, 6.45) is 1.95. The molecule has 1 atom stereocenters. The molecule has 2 aromatic rings. The first-order valence-electron chi connectivity index (χ1n) is 8.05. The topological polar surface area (TPSA) is 85.2 Å². The molecule has 1 aliphatic heterocycles. The van der Waals surface area contributed by atoms with E-state index in [9.17, 15) is 4.79 Å². The minimum absolute atomic E-state index is 0.0503. The second kappa shape index (κ2) is 7.29. The number of aromatic nitrogens is 4. The van der Waals surface area contributed by atoms with Gasteiger partial charge in [0.2, 0.25) is 0 Å². The lowest BCUT2D eigenvalue weighted by Gasteiger charge is -2.31. The van der Waals surface area contributed by atoms with E-state index < -0.39 is 0 Å². The lowest BCUT2D eigenvalue weighted by atomic mass is 9.97. The van der Waals surface area contributed by atoms with E-state index in [1.165, 1.54) is 0 Å². The number of carbonyl (C=O) groups excluding carboxylic acids is 1. The molecule has 2 amide bonds. The van der Waals surface area contributed by atoms with Crippen LogP contribution in [0.2, 0.25) is 0 Å². The van der Waals surface area contributed by atoms with E-state index in [4.69, 9.17) is 4.74 Å². The van der Waals surface area contributed by atoms with Crippen LogP contribution in [0.3, 0.4) is 0 Å². The van der Waals surface area contributed by atoms with Gasteiger partial charge in [-0.15, -0.1) is 5.10 Å². The van der Waals surface area contributed by atoms with Crippen LogP contribution in [0.1, 0.15) is 30.1 Å². The molecule has 0 radical (unpaired) electrons. The Morgan fingerprint density at radius 2 is 2.17 bits per heavy atom. The summed E-state index contributed by atoms with van der Waals surface area (Å²) in [5.74, 6) is 1.83. The van der Waals surface area contributed by atoms with E-state index in [0.717, 1.165) is 36.5 Å².